The molecule has 0 atom stereocenters. The van der Waals surface area contributed by atoms with Gasteiger partial charge >= 0.3 is 5.97 Å². The van der Waals surface area contributed by atoms with Crippen molar-refractivity contribution >= 4 is 5.97 Å². The van der Waals surface area contributed by atoms with Gasteiger partial charge in [0.1, 0.15) is 0 Å². The highest BCUT2D eigenvalue weighted by Crippen LogP contribution is 2.05. The summed E-state index contributed by atoms with van der Waals surface area (Å²) in [6, 6.07) is 0. The number of quaternary nitrogens is 1. The normalized spacial score (nSPS) is 11.3. The van der Waals surface area contributed by atoms with Gasteiger partial charge in [-0.2, -0.15) is 0 Å². The lowest BCUT2D eigenvalue weighted by atomic mass is 10.2. The average molecular weight is 200 g/mol. The molecule has 0 spiro atoms. The van der Waals surface area contributed by atoms with E-state index in [0.717, 1.165) is 32.2 Å². The first kappa shape index (κ1) is 13.2. The summed E-state index contributed by atoms with van der Waals surface area (Å²) in [5.41, 5.74) is 0. The van der Waals surface area contributed by atoms with Gasteiger partial charge in [0.05, 0.1) is 20.6 Å². The standard InChI is InChI=1S/C11H21NO2/c1-4-5-6-7-8-9-12(2,3)10-11(13)14/h4H,1,5-10H2,2-3H3/p+1. The van der Waals surface area contributed by atoms with Crippen molar-refractivity contribution in [1.29, 1.82) is 0 Å². The molecule has 3 heteroatoms. The number of nitrogens with zero attached hydrogens (tertiary/aromatic N) is 1. The maximum absolute atomic E-state index is 10.5. The van der Waals surface area contributed by atoms with Crippen molar-refractivity contribution in [3.8, 4) is 0 Å². The smallest absolute Gasteiger partial charge is 0.359 e. The second-order valence-corrected chi connectivity index (χ2v) is 4.35. The van der Waals surface area contributed by atoms with E-state index >= 15 is 0 Å². The van der Waals surface area contributed by atoms with Crippen LogP contribution in [0.1, 0.15) is 25.7 Å². The highest BCUT2D eigenvalue weighted by atomic mass is 16.4. The Balaban J connectivity index is 3.54. The van der Waals surface area contributed by atoms with Gasteiger partial charge < -0.3 is 9.59 Å². The SMILES string of the molecule is C=CCCCCC[N+](C)(C)CC(=O)O. The summed E-state index contributed by atoms with van der Waals surface area (Å²) in [6.45, 7) is 4.81. The van der Waals surface area contributed by atoms with Crippen LogP contribution in [0.5, 0.6) is 0 Å². The minimum atomic E-state index is -0.721. The van der Waals surface area contributed by atoms with Gasteiger partial charge in [-0.3, -0.25) is 0 Å². The van der Waals surface area contributed by atoms with Crippen LogP contribution in [0.15, 0.2) is 12.7 Å². The predicted molar refractivity (Wildman–Crippen MR) is 58.1 cm³/mol. The average Bonchev–Trinajstić information content (AvgIpc) is 2.01. The highest BCUT2D eigenvalue weighted by molar-refractivity contribution is 5.67. The number of aliphatic carboxylic acids is 1. The quantitative estimate of drug-likeness (QED) is 0.369. The molecule has 0 saturated carbocycles. The number of hydrogen-bond acceptors (Lipinski definition) is 1. The van der Waals surface area contributed by atoms with E-state index in [2.05, 4.69) is 6.58 Å². The Morgan fingerprint density at radius 3 is 2.50 bits per heavy atom. The predicted octanol–water partition coefficient (Wildman–Crippen LogP) is 1.89. The van der Waals surface area contributed by atoms with Crippen LogP contribution >= 0.6 is 0 Å². The van der Waals surface area contributed by atoms with E-state index in [1.807, 2.05) is 20.2 Å². The van der Waals surface area contributed by atoms with Gasteiger partial charge in [-0.15, -0.1) is 6.58 Å². The maximum Gasteiger partial charge on any atom is 0.359 e. The van der Waals surface area contributed by atoms with Gasteiger partial charge in [0.25, 0.3) is 0 Å². The Labute approximate surface area is 86.6 Å². The molecule has 0 heterocycles. The summed E-state index contributed by atoms with van der Waals surface area (Å²) in [5, 5.41) is 8.66. The zero-order valence-electron chi connectivity index (χ0n) is 9.33. The van der Waals surface area contributed by atoms with Crippen LogP contribution in [0, 0.1) is 0 Å². The molecular formula is C11H22NO2+. The molecule has 3 nitrogen and oxygen atoms in total. The lowest BCUT2D eigenvalue weighted by molar-refractivity contribution is -0.883. The molecule has 0 aromatic rings. The Hall–Kier alpha value is -0.830. The molecule has 0 bridgehead atoms. The second kappa shape index (κ2) is 6.60. The molecule has 0 rings (SSSR count). The molecule has 0 amide bonds. The fraction of sp³-hybridized carbons (Fsp3) is 0.727. The molecule has 82 valence electrons. The van der Waals surface area contributed by atoms with E-state index in [4.69, 9.17) is 5.11 Å². The van der Waals surface area contributed by atoms with E-state index in [0.29, 0.717) is 4.48 Å². The van der Waals surface area contributed by atoms with Gasteiger partial charge in [0.2, 0.25) is 0 Å². The third kappa shape index (κ3) is 7.80. The third-order valence-electron chi connectivity index (χ3n) is 2.23. The van der Waals surface area contributed by atoms with Crippen LogP contribution in [-0.4, -0.2) is 42.7 Å². The van der Waals surface area contributed by atoms with Crippen molar-refractivity contribution in [3.05, 3.63) is 12.7 Å². The molecule has 1 N–H and O–H groups in total. The molecule has 14 heavy (non-hydrogen) atoms. The van der Waals surface area contributed by atoms with Gasteiger partial charge in [-0.1, -0.05) is 6.08 Å². The Morgan fingerprint density at radius 1 is 1.36 bits per heavy atom. The Bertz CT molecular complexity index is 188. The van der Waals surface area contributed by atoms with Gasteiger partial charge in [0.15, 0.2) is 6.54 Å². The summed E-state index contributed by atoms with van der Waals surface area (Å²) in [6.07, 6.45) is 6.40. The van der Waals surface area contributed by atoms with Crippen LogP contribution in [0.25, 0.3) is 0 Å². The lowest BCUT2D eigenvalue weighted by Crippen LogP contribution is -2.44. The molecule has 0 fully saturated rings. The molecule has 0 aromatic carbocycles. The van der Waals surface area contributed by atoms with Crippen molar-refractivity contribution in [3.63, 3.8) is 0 Å². The summed E-state index contributed by atoms with van der Waals surface area (Å²) in [7, 11) is 3.92. The molecule has 0 radical (unpaired) electrons. The fourth-order valence-electron chi connectivity index (χ4n) is 1.45. The van der Waals surface area contributed by atoms with Crippen molar-refractivity contribution < 1.29 is 14.4 Å². The van der Waals surface area contributed by atoms with Gasteiger partial charge in [0, 0.05) is 0 Å². The lowest BCUT2D eigenvalue weighted by Gasteiger charge is -2.27. The summed E-state index contributed by atoms with van der Waals surface area (Å²) < 4.78 is 0.573. The molecule has 0 saturated heterocycles. The molecule has 0 aliphatic heterocycles. The van der Waals surface area contributed by atoms with Crippen molar-refractivity contribution in [1.82, 2.24) is 0 Å². The first-order valence-corrected chi connectivity index (χ1v) is 5.12. The largest absolute Gasteiger partial charge is 0.477 e. The molecule has 0 aliphatic rings. The van der Waals surface area contributed by atoms with Crippen LogP contribution in [0.4, 0.5) is 0 Å². The molecule has 0 aromatic heterocycles. The van der Waals surface area contributed by atoms with Crippen molar-refractivity contribution in [2.45, 2.75) is 25.7 Å². The maximum atomic E-state index is 10.5. The van der Waals surface area contributed by atoms with E-state index in [-0.39, 0.29) is 6.54 Å². The van der Waals surface area contributed by atoms with E-state index in [1.54, 1.807) is 0 Å². The van der Waals surface area contributed by atoms with E-state index in [1.165, 1.54) is 0 Å². The summed E-state index contributed by atoms with van der Waals surface area (Å²) in [4.78, 5) is 10.5. The topological polar surface area (TPSA) is 37.3 Å². The summed E-state index contributed by atoms with van der Waals surface area (Å²) >= 11 is 0. The van der Waals surface area contributed by atoms with E-state index < -0.39 is 5.97 Å². The first-order chi connectivity index (χ1) is 6.48. The molecule has 0 aliphatic carbocycles. The number of carboxylic acid groups (broad SMARTS) is 1. The number of carboxylic acids is 1. The zero-order valence-corrected chi connectivity index (χ0v) is 9.33. The minimum absolute atomic E-state index is 0.210. The zero-order chi connectivity index (χ0) is 11.0. The van der Waals surface area contributed by atoms with Crippen molar-refractivity contribution in [2.24, 2.45) is 0 Å². The number of unbranched alkanes of at least 4 members (excludes halogenated alkanes) is 3. The minimum Gasteiger partial charge on any atom is -0.477 e. The fourth-order valence-corrected chi connectivity index (χ4v) is 1.45. The Kier molecular flexibility index (Phi) is 6.21. The van der Waals surface area contributed by atoms with Crippen LogP contribution in [0.3, 0.4) is 0 Å². The van der Waals surface area contributed by atoms with Gasteiger partial charge in [-0.25, -0.2) is 4.79 Å². The number of carbonyl (C=O) groups is 1. The second-order valence-electron chi connectivity index (χ2n) is 4.35. The van der Waals surface area contributed by atoms with E-state index in [9.17, 15) is 4.79 Å². The molecule has 0 unspecified atom stereocenters. The number of rotatable bonds is 8. The van der Waals surface area contributed by atoms with Crippen LogP contribution in [0.2, 0.25) is 0 Å². The third-order valence-corrected chi connectivity index (χ3v) is 2.23. The first-order valence-electron chi connectivity index (χ1n) is 5.12. The summed E-state index contributed by atoms with van der Waals surface area (Å²) in [5.74, 6) is -0.721. The highest BCUT2D eigenvalue weighted by Gasteiger charge is 2.18. The van der Waals surface area contributed by atoms with Crippen LogP contribution in [-0.2, 0) is 4.79 Å². The number of hydrogen-bond donors (Lipinski definition) is 1. The molecular weight excluding hydrogens is 178 g/mol. The monoisotopic (exact) mass is 200 g/mol. The van der Waals surface area contributed by atoms with Crippen LogP contribution < -0.4 is 0 Å². The Morgan fingerprint density at radius 2 is 2.00 bits per heavy atom. The van der Waals surface area contributed by atoms with Crippen molar-refractivity contribution in [2.75, 3.05) is 27.2 Å². The number of likely N-dealkylation sites (N-methyl/N-ethyl adjacent to an activating group) is 1. The van der Waals surface area contributed by atoms with Gasteiger partial charge in [-0.05, 0) is 25.7 Å². The number of allylic oxidation sites excluding steroid dienone is 1.